The Morgan fingerprint density at radius 3 is 2.44 bits per heavy atom. The van der Waals surface area contributed by atoms with Crippen LogP contribution in [0.15, 0.2) is 47.3 Å². The van der Waals surface area contributed by atoms with E-state index in [9.17, 15) is 22.4 Å². The van der Waals surface area contributed by atoms with Crippen LogP contribution >= 0.6 is 0 Å². The molecule has 5 nitrogen and oxygen atoms in total. The van der Waals surface area contributed by atoms with Gasteiger partial charge in [0, 0.05) is 0 Å². The molecule has 1 heterocycles. The van der Waals surface area contributed by atoms with Gasteiger partial charge in [-0.25, -0.2) is 9.37 Å². The van der Waals surface area contributed by atoms with E-state index < -0.39 is 30.2 Å². The van der Waals surface area contributed by atoms with E-state index in [0.717, 1.165) is 10.6 Å². The molecule has 1 atom stereocenters. The minimum Gasteiger partial charge on any atom is -0.484 e. The van der Waals surface area contributed by atoms with Crippen molar-refractivity contribution in [3.8, 4) is 11.4 Å². The Balaban J connectivity index is 2.10. The van der Waals surface area contributed by atoms with Gasteiger partial charge in [-0.15, -0.1) is 0 Å². The summed E-state index contributed by atoms with van der Waals surface area (Å²) in [5.74, 6) is -0.548. The molecule has 3 aromatic rings. The Bertz CT molecular complexity index is 1030. The summed E-state index contributed by atoms with van der Waals surface area (Å²) in [5.41, 5.74) is 5.71. The highest BCUT2D eigenvalue weighted by molar-refractivity contribution is 5.78. The Hall–Kier alpha value is -2.94. The van der Waals surface area contributed by atoms with Gasteiger partial charge in [0.25, 0.3) is 5.56 Å². The van der Waals surface area contributed by atoms with Crippen molar-refractivity contribution in [2.24, 2.45) is 5.73 Å². The van der Waals surface area contributed by atoms with E-state index in [0.29, 0.717) is 0 Å². The molecule has 142 valence electrons. The van der Waals surface area contributed by atoms with Crippen molar-refractivity contribution < 1.29 is 22.3 Å². The van der Waals surface area contributed by atoms with Gasteiger partial charge in [0.2, 0.25) is 0 Å². The highest BCUT2D eigenvalue weighted by atomic mass is 19.4. The largest absolute Gasteiger partial charge is 0.484 e. The van der Waals surface area contributed by atoms with E-state index in [1.165, 1.54) is 36.4 Å². The molecule has 0 amide bonds. The summed E-state index contributed by atoms with van der Waals surface area (Å²) in [7, 11) is 0. The van der Waals surface area contributed by atoms with E-state index >= 15 is 0 Å². The summed E-state index contributed by atoms with van der Waals surface area (Å²) in [6.45, 7) is 0.185. The van der Waals surface area contributed by atoms with Gasteiger partial charge in [0.1, 0.15) is 22.8 Å². The van der Waals surface area contributed by atoms with Crippen molar-refractivity contribution in [2.45, 2.75) is 19.1 Å². The molecule has 0 fully saturated rings. The summed E-state index contributed by atoms with van der Waals surface area (Å²) in [5, 5.41) is -0.195. The zero-order chi connectivity index (χ0) is 19.8. The van der Waals surface area contributed by atoms with E-state index in [-0.39, 0.29) is 28.2 Å². The van der Waals surface area contributed by atoms with Crippen LogP contribution in [0.5, 0.6) is 5.75 Å². The van der Waals surface area contributed by atoms with Crippen molar-refractivity contribution >= 4 is 10.9 Å². The van der Waals surface area contributed by atoms with E-state index in [1.807, 2.05) is 0 Å². The van der Waals surface area contributed by atoms with Crippen LogP contribution in [0.3, 0.4) is 0 Å². The Morgan fingerprint density at radius 2 is 1.85 bits per heavy atom. The average molecular weight is 381 g/mol. The number of fused-ring (bicyclic) bond motifs is 1. The number of nitrogens with zero attached hydrogens (tertiary/aromatic N) is 2. The van der Waals surface area contributed by atoms with Gasteiger partial charge in [-0.3, -0.25) is 9.36 Å². The van der Waals surface area contributed by atoms with E-state index in [4.69, 9.17) is 5.73 Å². The Kier molecular flexibility index (Phi) is 4.88. The summed E-state index contributed by atoms with van der Waals surface area (Å²) in [6.07, 6.45) is -4.46. The average Bonchev–Trinajstić information content (AvgIpc) is 2.59. The molecule has 0 aliphatic carbocycles. The molecule has 0 saturated carbocycles. The zero-order valence-corrected chi connectivity index (χ0v) is 14.1. The monoisotopic (exact) mass is 381 g/mol. The fraction of sp³-hybridized carbons (Fsp3) is 0.222. The first-order valence-corrected chi connectivity index (χ1v) is 7.94. The van der Waals surface area contributed by atoms with Crippen LogP contribution in [0.2, 0.25) is 0 Å². The third-order valence-electron chi connectivity index (χ3n) is 3.78. The summed E-state index contributed by atoms with van der Waals surface area (Å²) < 4.78 is 56.6. The second-order valence-corrected chi connectivity index (χ2v) is 5.93. The van der Waals surface area contributed by atoms with Crippen LogP contribution in [0, 0.1) is 5.82 Å². The van der Waals surface area contributed by atoms with Crippen LogP contribution in [0.1, 0.15) is 18.8 Å². The van der Waals surface area contributed by atoms with Crippen LogP contribution in [-0.2, 0) is 0 Å². The fourth-order valence-electron chi connectivity index (χ4n) is 2.62. The standard InChI is InChI=1S/C18H15F4N3O2/c1-10(23)16-24-14-4-2-3-13(19)15(14)17(26)25(16)11-5-7-12(8-6-11)27-9-18(20,21)22/h2-8,10H,9,23H2,1H3. The second kappa shape index (κ2) is 6.99. The highest BCUT2D eigenvalue weighted by Gasteiger charge is 2.28. The number of hydrogen-bond donors (Lipinski definition) is 1. The molecule has 1 aromatic heterocycles. The fourth-order valence-corrected chi connectivity index (χ4v) is 2.62. The van der Waals surface area contributed by atoms with Gasteiger partial charge in [-0.05, 0) is 43.3 Å². The van der Waals surface area contributed by atoms with Crippen molar-refractivity contribution in [3.05, 3.63) is 64.5 Å². The summed E-state index contributed by atoms with van der Waals surface area (Å²) in [6, 6.07) is 8.77. The normalized spacial score (nSPS) is 13.0. The second-order valence-electron chi connectivity index (χ2n) is 5.93. The van der Waals surface area contributed by atoms with Crippen molar-refractivity contribution in [1.29, 1.82) is 0 Å². The maximum Gasteiger partial charge on any atom is 0.422 e. The Labute approximate surface area is 151 Å². The van der Waals surface area contributed by atoms with Crippen molar-refractivity contribution in [1.82, 2.24) is 9.55 Å². The minimum absolute atomic E-state index is 0.0219. The lowest BCUT2D eigenvalue weighted by Gasteiger charge is -2.16. The highest BCUT2D eigenvalue weighted by Crippen LogP contribution is 2.22. The topological polar surface area (TPSA) is 70.1 Å². The Morgan fingerprint density at radius 1 is 1.19 bits per heavy atom. The first-order valence-electron chi connectivity index (χ1n) is 7.94. The van der Waals surface area contributed by atoms with Gasteiger partial charge in [0.15, 0.2) is 6.61 Å². The number of halogens is 4. The predicted octanol–water partition coefficient (Wildman–Crippen LogP) is 3.49. The number of rotatable bonds is 4. The van der Waals surface area contributed by atoms with Crippen LogP contribution < -0.4 is 16.0 Å². The quantitative estimate of drug-likeness (QED) is 0.703. The molecule has 9 heteroatoms. The molecule has 0 saturated heterocycles. The molecule has 3 rings (SSSR count). The first kappa shape index (κ1) is 18.8. The molecular formula is C18H15F4N3O2. The molecule has 27 heavy (non-hydrogen) atoms. The van der Waals surface area contributed by atoms with Crippen molar-refractivity contribution in [2.75, 3.05) is 6.61 Å². The van der Waals surface area contributed by atoms with Gasteiger partial charge >= 0.3 is 6.18 Å². The molecule has 2 aromatic carbocycles. The number of nitrogens with two attached hydrogens (primary N) is 1. The SMILES string of the molecule is CC(N)c1nc2cccc(F)c2c(=O)n1-c1ccc(OCC(F)(F)F)cc1. The van der Waals surface area contributed by atoms with Crippen LogP contribution in [-0.4, -0.2) is 22.3 Å². The number of benzene rings is 2. The third-order valence-corrected chi connectivity index (χ3v) is 3.78. The molecule has 0 bridgehead atoms. The van der Waals surface area contributed by atoms with Crippen LogP contribution in [0.4, 0.5) is 17.6 Å². The zero-order valence-electron chi connectivity index (χ0n) is 14.1. The van der Waals surface area contributed by atoms with E-state index in [1.54, 1.807) is 6.92 Å². The minimum atomic E-state index is -4.46. The smallest absolute Gasteiger partial charge is 0.422 e. The molecule has 0 aliphatic heterocycles. The lowest BCUT2D eigenvalue weighted by atomic mass is 10.2. The molecule has 0 aliphatic rings. The van der Waals surface area contributed by atoms with Crippen molar-refractivity contribution in [3.63, 3.8) is 0 Å². The third kappa shape index (κ3) is 3.92. The summed E-state index contributed by atoms with van der Waals surface area (Å²) >= 11 is 0. The number of aromatic nitrogens is 2. The van der Waals surface area contributed by atoms with Gasteiger partial charge < -0.3 is 10.5 Å². The van der Waals surface area contributed by atoms with Gasteiger partial charge in [-0.1, -0.05) is 6.07 Å². The van der Waals surface area contributed by atoms with Gasteiger partial charge in [-0.2, -0.15) is 13.2 Å². The first-order chi connectivity index (χ1) is 12.7. The lowest BCUT2D eigenvalue weighted by Crippen LogP contribution is -2.28. The van der Waals surface area contributed by atoms with E-state index in [2.05, 4.69) is 9.72 Å². The number of hydrogen-bond acceptors (Lipinski definition) is 4. The molecule has 1 unspecified atom stereocenters. The van der Waals surface area contributed by atoms with Gasteiger partial charge in [0.05, 0.1) is 17.2 Å². The maximum atomic E-state index is 14.1. The predicted molar refractivity (Wildman–Crippen MR) is 91.5 cm³/mol. The molecule has 0 radical (unpaired) electrons. The lowest BCUT2D eigenvalue weighted by molar-refractivity contribution is -0.153. The maximum absolute atomic E-state index is 14.1. The number of ether oxygens (including phenoxy) is 1. The molecule has 0 spiro atoms. The summed E-state index contributed by atoms with van der Waals surface area (Å²) in [4.78, 5) is 17.1. The molecular weight excluding hydrogens is 366 g/mol. The number of alkyl halides is 3. The molecule has 2 N–H and O–H groups in total. The van der Waals surface area contributed by atoms with Crippen LogP contribution in [0.25, 0.3) is 16.6 Å².